The van der Waals surface area contributed by atoms with Crippen LogP contribution in [0.5, 0.6) is 0 Å². The molecule has 1 heterocycles. The summed E-state index contributed by atoms with van der Waals surface area (Å²) in [5, 5.41) is 3.79. The second-order valence-corrected chi connectivity index (χ2v) is 11.3. The summed E-state index contributed by atoms with van der Waals surface area (Å²) in [6.45, 7) is 0.639. The Morgan fingerprint density at radius 2 is 1.46 bits per heavy atom. The first kappa shape index (κ1) is 24.0. The van der Waals surface area contributed by atoms with E-state index in [4.69, 9.17) is 0 Å². The maximum Gasteiger partial charge on any atom is 0.416 e. The SMILES string of the molecule is O=S(=O)(c1cccc(C(F)(F)F)c1)N1C[C@H]2CC[C@H](NC(c3ccccc3)c3ccccc3)[C@H]2C1. The minimum atomic E-state index is -4.59. The van der Waals surface area contributed by atoms with Crippen molar-refractivity contribution in [1.82, 2.24) is 9.62 Å². The first-order chi connectivity index (χ1) is 16.7. The highest BCUT2D eigenvalue weighted by atomic mass is 32.2. The van der Waals surface area contributed by atoms with Crippen LogP contribution >= 0.6 is 0 Å². The number of benzene rings is 3. The molecule has 3 aromatic carbocycles. The number of rotatable bonds is 6. The highest BCUT2D eigenvalue weighted by Crippen LogP contribution is 2.42. The zero-order chi connectivity index (χ0) is 24.6. The molecule has 184 valence electrons. The van der Waals surface area contributed by atoms with E-state index in [9.17, 15) is 21.6 Å². The van der Waals surface area contributed by atoms with Crippen molar-refractivity contribution in [3.63, 3.8) is 0 Å². The first-order valence-corrected chi connectivity index (χ1v) is 13.2. The van der Waals surface area contributed by atoms with Crippen molar-refractivity contribution in [1.29, 1.82) is 0 Å². The molecule has 1 saturated heterocycles. The lowest BCUT2D eigenvalue weighted by Gasteiger charge is -2.28. The van der Waals surface area contributed by atoms with E-state index < -0.39 is 21.8 Å². The van der Waals surface area contributed by atoms with Crippen molar-refractivity contribution in [2.75, 3.05) is 13.1 Å². The third-order valence-corrected chi connectivity index (χ3v) is 9.10. The van der Waals surface area contributed by atoms with Gasteiger partial charge in [-0.1, -0.05) is 66.7 Å². The fourth-order valence-corrected chi connectivity index (χ4v) is 7.08. The predicted octanol–water partition coefficient (Wildman–Crippen LogP) is 5.48. The lowest BCUT2D eigenvalue weighted by molar-refractivity contribution is -0.137. The van der Waals surface area contributed by atoms with Gasteiger partial charge in [0.05, 0.1) is 16.5 Å². The average Bonchev–Trinajstić information content (AvgIpc) is 3.45. The number of hydrogen-bond donors (Lipinski definition) is 1. The Labute approximate surface area is 203 Å². The van der Waals surface area contributed by atoms with Gasteiger partial charge in [-0.3, -0.25) is 0 Å². The summed E-state index contributed by atoms with van der Waals surface area (Å²) in [6, 6.07) is 24.4. The number of sulfonamides is 1. The monoisotopic (exact) mass is 500 g/mol. The summed E-state index contributed by atoms with van der Waals surface area (Å²) < 4.78 is 67.3. The molecule has 1 aliphatic heterocycles. The smallest absolute Gasteiger partial charge is 0.303 e. The van der Waals surface area contributed by atoms with E-state index in [1.54, 1.807) is 0 Å². The van der Waals surface area contributed by atoms with Crippen LogP contribution in [0, 0.1) is 11.8 Å². The molecule has 0 amide bonds. The zero-order valence-electron chi connectivity index (χ0n) is 19.0. The Morgan fingerprint density at radius 1 is 0.829 bits per heavy atom. The van der Waals surface area contributed by atoms with Gasteiger partial charge >= 0.3 is 6.18 Å². The Kier molecular flexibility index (Phi) is 6.46. The molecule has 1 N–H and O–H groups in total. The first-order valence-electron chi connectivity index (χ1n) is 11.8. The van der Waals surface area contributed by atoms with Crippen molar-refractivity contribution in [3.8, 4) is 0 Å². The van der Waals surface area contributed by atoms with Crippen molar-refractivity contribution >= 4 is 10.0 Å². The van der Waals surface area contributed by atoms with Crippen LogP contribution in [0.15, 0.2) is 89.8 Å². The van der Waals surface area contributed by atoms with Gasteiger partial charge in [0, 0.05) is 19.1 Å². The van der Waals surface area contributed by atoms with Gasteiger partial charge in [0.15, 0.2) is 0 Å². The van der Waals surface area contributed by atoms with E-state index in [2.05, 4.69) is 29.6 Å². The number of fused-ring (bicyclic) bond motifs is 1. The summed E-state index contributed by atoms with van der Waals surface area (Å²) in [7, 11) is -4.01. The third-order valence-electron chi connectivity index (χ3n) is 7.27. The van der Waals surface area contributed by atoms with Crippen molar-refractivity contribution in [2.45, 2.75) is 36.0 Å². The number of nitrogens with one attached hydrogen (secondary N) is 1. The molecular formula is C27H27F3N2O2S. The van der Waals surface area contributed by atoms with Crippen LogP contribution in [0.4, 0.5) is 13.2 Å². The second-order valence-electron chi connectivity index (χ2n) is 9.38. The third kappa shape index (κ3) is 4.87. The Bertz CT molecular complexity index is 1230. The van der Waals surface area contributed by atoms with Crippen LogP contribution in [0.25, 0.3) is 0 Å². The minimum Gasteiger partial charge on any atom is -0.303 e. The van der Waals surface area contributed by atoms with Crippen LogP contribution in [-0.4, -0.2) is 31.9 Å². The number of nitrogens with zero attached hydrogens (tertiary/aromatic N) is 1. The summed E-state index contributed by atoms with van der Waals surface area (Å²) in [6.07, 6.45) is -2.78. The molecule has 3 aromatic rings. The highest BCUT2D eigenvalue weighted by molar-refractivity contribution is 7.89. The standard InChI is InChI=1S/C27H27F3N2O2S/c28-27(29,30)22-12-7-13-23(16-22)35(33,34)32-17-21-14-15-25(24(21)18-32)31-26(19-8-3-1-4-9-19)20-10-5-2-6-11-20/h1-13,16,21,24-26,31H,14-15,17-18H2/t21-,24+,25+/m1/s1. The molecule has 0 aromatic heterocycles. The quantitative estimate of drug-likeness (QED) is 0.487. The normalized spacial score (nSPS) is 23.0. The summed E-state index contributed by atoms with van der Waals surface area (Å²) in [5.74, 6) is 0.283. The minimum absolute atomic E-state index is 0.0322. The Morgan fingerprint density at radius 3 is 2.06 bits per heavy atom. The van der Waals surface area contributed by atoms with Gasteiger partial charge in [-0.2, -0.15) is 17.5 Å². The van der Waals surface area contributed by atoms with Crippen LogP contribution in [0.2, 0.25) is 0 Å². The van der Waals surface area contributed by atoms with E-state index in [0.29, 0.717) is 13.1 Å². The molecule has 0 spiro atoms. The molecule has 0 unspecified atom stereocenters. The molecule has 4 nitrogen and oxygen atoms in total. The van der Waals surface area contributed by atoms with Gasteiger partial charge in [-0.25, -0.2) is 8.42 Å². The van der Waals surface area contributed by atoms with E-state index >= 15 is 0 Å². The Hall–Kier alpha value is -2.68. The molecule has 2 fully saturated rings. The molecule has 0 bridgehead atoms. The second kappa shape index (κ2) is 9.41. The number of halogens is 3. The van der Waals surface area contributed by atoms with Crippen LogP contribution in [0.3, 0.4) is 0 Å². The zero-order valence-corrected chi connectivity index (χ0v) is 19.8. The fraction of sp³-hybridized carbons (Fsp3) is 0.333. The fourth-order valence-electron chi connectivity index (χ4n) is 5.50. The van der Waals surface area contributed by atoms with E-state index in [-0.39, 0.29) is 28.8 Å². The highest BCUT2D eigenvalue weighted by Gasteiger charge is 2.47. The van der Waals surface area contributed by atoms with Gasteiger partial charge in [0.25, 0.3) is 0 Å². The molecule has 1 aliphatic carbocycles. The van der Waals surface area contributed by atoms with Crippen molar-refractivity contribution in [2.24, 2.45) is 11.8 Å². The summed E-state index contributed by atoms with van der Waals surface area (Å²) in [4.78, 5) is -0.303. The topological polar surface area (TPSA) is 49.4 Å². The maximum atomic E-state index is 13.3. The molecule has 8 heteroatoms. The van der Waals surface area contributed by atoms with Gasteiger partial charge < -0.3 is 5.32 Å². The van der Waals surface area contributed by atoms with Crippen LogP contribution in [0.1, 0.15) is 35.6 Å². The van der Waals surface area contributed by atoms with E-state index in [0.717, 1.165) is 42.2 Å². The molecule has 35 heavy (non-hydrogen) atoms. The molecule has 1 saturated carbocycles. The largest absolute Gasteiger partial charge is 0.416 e. The predicted molar refractivity (Wildman–Crippen MR) is 128 cm³/mol. The van der Waals surface area contributed by atoms with Crippen LogP contribution < -0.4 is 5.32 Å². The van der Waals surface area contributed by atoms with E-state index in [1.165, 1.54) is 10.4 Å². The lowest BCUT2D eigenvalue weighted by atomic mass is 9.94. The van der Waals surface area contributed by atoms with Crippen LogP contribution in [-0.2, 0) is 16.2 Å². The van der Waals surface area contributed by atoms with Gasteiger partial charge in [0.1, 0.15) is 0 Å². The number of alkyl halides is 3. The number of hydrogen-bond acceptors (Lipinski definition) is 3. The van der Waals surface area contributed by atoms with Gasteiger partial charge in [-0.15, -0.1) is 0 Å². The molecule has 3 atom stereocenters. The summed E-state index contributed by atoms with van der Waals surface area (Å²) in [5.41, 5.74) is 1.31. The Balaban J connectivity index is 1.36. The molecule has 0 radical (unpaired) electrons. The molecule has 2 aliphatic rings. The summed E-state index contributed by atoms with van der Waals surface area (Å²) >= 11 is 0. The molecular weight excluding hydrogens is 473 g/mol. The molecule has 5 rings (SSSR count). The van der Waals surface area contributed by atoms with Gasteiger partial charge in [0.2, 0.25) is 10.0 Å². The van der Waals surface area contributed by atoms with Crippen molar-refractivity contribution in [3.05, 3.63) is 102 Å². The lowest BCUT2D eigenvalue weighted by Crippen LogP contribution is -2.39. The van der Waals surface area contributed by atoms with E-state index in [1.807, 2.05) is 36.4 Å². The van der Waals surface area contributed by atoms with Crippen molar-refractivity contribution < 1.29 is 21.6 Å². The average molecular weight is 501 g/mol. The maximum absolute atomic E-state index is 13.3. The van der Waals surface area contributed by atoms with Gasteiger partial charge in [-0.05, 0) is 54.0 Å².